The van der Waals surface area contributed by atoms with Gasteiger partial charge in [-0.05, 0) is 51.3 Å². The molecule has 1 aromatic carbocycles. The van der Waals surface area contributed by atoms with Gasteiger partial charge in [-0.1, -0.05) is 30.3 Å². The number of benzene rings is 1. The highest BCUT2D eigenvalue weighted by atomic mass is 16.3. The van der Waals surface area contributed by atoms with Crippen molar-refractivity contribution >= 4 is 5.91 Å². The maximum absolute atomic E-state index is 12.2. The van der Waals surface area contributed by atoms with E-state index in [1.165, 1.54) is 12.0 Å². The number of likely N-dealkylation sites (tertiary alicyclic amines) is 1. The number of aromatic nitrogens is 1. The Balaban J connectivity index is 1.44. The quantitative estimate of drug-likeness (QED) is 0.886. The van der Waals surface area contributed by atoms with E-state index < -0.39 is 0 Å². The Morgan fingerprint density at radius 1 is 1.38 bits per heavy atom. The lowest BCUT2D eigenvalue weighted by Crippen LogP contribution is -2.48. The zero-order valence-electron chi connectivity index (χ0n) is 14.2. The van der Waals surface area contributed by atoms with Crippen LogP contribution in [0.4, 0.5) is 0 Å². The van der Waals surface area contributed by atoms with Crippen molar-refractivity contribution in [3.05, 3.63) is 53.7 Å². The summed E-state index contributed by atoms with van der Waals surface area (Å²) in [6.07, 6.45) is 5.71. The van der Waals surface area contributed by atoms with Gasteiger partial charge >= 0.3 is 0 Å². The molecule has 1 aliphatic heterocycles. The number of hydrogen-bond acceptors (Lipinski definition) is 4. The van der Waals surface area contributed by atoms with Crippen LogP contribution >= 0.6 is 0 Å². The number of nitrogens with one attached hydrogen (secondary N) is 1. The normalized spacial score (nSPS) is 18.5. The molecule has 0 saturated carbocycles. The molecule has 1 atom stereocenters. The molecular weight excluding hydrogens is 302 g/mol. The predicted octanol–water partition coefficient (Wildman–Crippen LogP) is 2.81. The van der Waals surface area contributed by atoms with Gasteiger partial charge in [-0.2, -0.15) is 0 Å². The standard InChI is InChI=1S/C19H25N3O2/c1-15-18(24-14-20-15)19(23)21-17-10-6-12-22(13-17)11-5-9-16-7-3-2-4-8-16/h2-4,7-8,14,17H,5-6,9-13H2,1H3,(H,21,23)/t17-/m0/s1. The summed E-state index contributed by atoms with van der Waals surface area (Å²) in [5.41, 5.74) is 2.03. The Hall–Kier alpha value is -2.14. The van der Waals surface area contributed by atoms with Gasteiger partial charge in [-0.25, -0.2) is 4.98 Å². The van der Waals surface area contributed by atoms with Crippen molar-refractivity contribution in [3.8, 4) is 0 Å². The topological polar surface area (TPSA) is 58.4 Å². The first-order chi connectivity index (χ1) is 11.7. The molecule has 1 saturated heterocycles. The molecule has 1 N–H and O–H groups in total. The van der Waals surface area contributed by atoms with Crippen molar-refractivity contribution in [1.29, 1.82) is 0 Å². The lowest BCUT2D eigenvalue weighted by molar-refractivity contribution is 0.0874. The Labute approximate surface area is 143 Å². The third kappa shape index (κ3) is 4.45. The number of carbonyl (C=O) groups excluding carboxylic acids is 1. The summed E-state index contributed by atoms with van der Waals surface area (Å²) >= 11 is 0. The summed E-state index contributed by atoms with van der Waals surface area (Å²) in [6.45, 7) is 4.88. The van der Waals surface area contributed by atoms with Crippen molar-refractivity contribution in [1.82, 2.24) is 15.2 Å². The van der Waals surface area contributed by atoms with Gasteiger partial charge in [0.1, 0.15) is 0 Å². The first-order valence-electron chi connectivity index (χ1n) is 8.69. The average molecular weight is 327 g/mol. The van der Waals surface area contributed by atoms with E-state index in [4.69, 9.17) is 4.42 Å². The Kier molecular flexibility index (Phi) is 5.64. The first-order valence-corrected chi connectivity index (χ1v) is 8.69. The number of piperidine rings is 1. The zero-order valence-corrected chi connectivity index (χ0v) is 14.2. The minimum atomic E-state index is -0.152. The summed E-state index contributed by atoms with van der Waals surface area (Å²) in [6, 6.07) is 10.8. The molecule has 3 rings (SSSR count). The monoisotopic (exact) mass is 327 g/mol. The molecule has 5 heteroatoms. The van der Waals surface area contributed by atoms with E-state index in [1.54, 1.807) is 6.92 Å². The van der Waals surface area contributed by atoms with Crippen LogP contribution in [0.5, 0.6) is 0 Å². The van der Waals surface area contributed by atoms with Crippen LogP contribution in [0.15, 0.2) is 41.1 Å². The summed E-state index contributed by atoms with van der Waals surface area (Å²) in [7, 11) is 0. The molecule has 0 aliphatic carbocycles. The van der Waals surface area contributed by atoms with Gasteiger partial charge in [-0.15, -0.1) is 0 Å². The van der Waals surface area contributed by atoms with E-state index in [1.807, 2.05) is 0 Å². The molecule has 24 heavy (non-hydrogen) atoms. The number of hydrogen-bond donors (Lipinski definition) is 1. The summed E-state index contributed by atoms with van der Waals surface area (Å²) < 4.78 is 5.17. The van der Waals surface area contributed by atoms with Crippen molar-refractivity contribution in [2.45, 2.75) is 38.6 Å². The van der Waals surface area contributed by atoms with Crippen LogP contribution in [0.25, 0.3) is 0 Å². The van der Waals surface area contributed by atoms with Crippen LogP contribution in [0.3, 0.4) is 0 Å². The van der Waals surface area contributed by atoms with Crippen molar-refractivity contribution in [2.24, 2.45) is 0 Å². The molecule has 5 nitrogen and oxygen atoms in total. The number of nitrogens with zero attached hydrogens (tertiary/aromatic N) is 2. The van der Waals surface area contributed by atoms with Gasteiger partial charge in [0.15, 0.2) is 6.39 Å². The van der Waals surface area contributed by atoms with Crippen LogP contribution in [-0.2, 0) is 6.42 Å². The van der Waals surface area contributed by atoms with Gasteiger partial charge in [0, 0.05) is 12.6 Å². The van der Waals surface area contributed by atoms with E-state index in [9.17, 15) is 4.79 Å². The smallest absolute Gasteiger partial charge is 0.289 e. The average Bonchev–Trinajstić information content (AvgIpc) is 3.02. The van der Waals surface area contributed by atoms with Gasteiger partial charge in [-0.3, -0.25) is 4.79 Å². The molecule has 0 radical (unpaired) electrons. The summed E-state index contributed by atoms with van der Waals surface area (Å²) in [5.74, 6) is 0.178. The van der Waals surface area contributed by atoms with Crippen molar-refractivity contribution in [3.63, 3.8) is 0 Å². The molecule has 1 aromatic heterocycles. The van der Waals surface area contributed by atoms with Crippen LogP contribution < -0.4 is 5.32 Å². The fraction of sp³-hybridized carbons (Fsp3) is 0.474. The molecule has 2 heterocycles. The number of aryl methyl sites for hydroxylation is 2. The molecule has 0 spiro atoms. The van der Waals surface area contributed by atoms with Crippen LogP contribution in [0.2, 0.25) is 0 Å². The Morgan fingerprint density at radius 3 is 2.96 bits per heavy atom. The minimum Gasteiger partial charge on any atom is -0.438 e. The molecule has 1 aliphatic rings. The Morgan fingerprint density at radius 2 is 2.21 bits per heavy atom. The SMILES string of the molecule is Cc1ncoc1C(=O)N[C@H]1CCCN(CCCc2ccccc2)C1. The Bertz CT molecular complexity index is 654. The van der Waals surface area contributed by atoms with Gasteiger partial charge in [0.25, 0.3) is 5.91 Å². The third-order valence-corrected chi connectivity index (χ3v) is 4.58. The second-order valence-corrected chi connectivity index (χ2v) is 6.47. The first kappa shape index (κ1) is 16.7. The van der Waals surface area contributed by atoms with Crippen LogP contribution in [-0.4, -0.2) is 41.5 Å². The van der Waals surface area contributed by atoms with Crippen molar-refractivity contribution < 1.29 is 9.21 Å². The highest BCUT2D eigenvalue weighted by Gasteiger charge is 2.23. The zero-order chi connectivity index (χ0) is 16.8. The highest BCUT2D eigenvalue weighted by Crippen LogP contribution is 2.13. The molecule has 1 fully saturated rings. The molecule has 0 bridgehead atoms. The van der Waals surface area contributed by atoms with E-state index in [0.29, 0.717) is 11.5 Å². The van der Waals surface area contributed by atoms with Crippen molar-refractivity contribution in [2.75, 3.05) is 19.6 Å². The molecule has 128 valence electrons. The van der Waals surface area contributed by atoms with Gasteiger partial charge in [0.2, 0.25) is 5.76 Å². The lowest BCUT2D eigenvalue weighted by atomic mass is 10.0. The fourth-order valence-corrected chi connectivity index (χ4v) is 3.30. The van der Waals surface area contributed by atoms with E-state index in [2.05, 4.69) is 45.5 Å². The highest BCUT2D eigenvalue weighted by molar-refractivity contribution is 5.92. The number of oxazole rings is 1. The third-order valence-electron chi connectivity index (χ3n) is 4.58. The van der Waals surface area contributed by atoms with Crippen LogP contribution in [0.1, 0.15) is 41.1 Å². The maximum atomic E-state index is 12.2. The van der Waals surface area contributed by atoms with Gasteiger partial charge in [0.05, 0.1) is 5.69 Å². The molecular formula is C19H25N3O2. The number of rotatable bonds is 6. The van der Waals surface area contributed by atoms with Crippen LogP contribution in [0, 0.1) is 6.92 Å². The summed E-state index contributed by atoms with van der Waals surface area (Å²) in [4.78, 5) is 18.7. The maximum Gasteiger partial charge on any atom is 0.289 e. The molecule has 2 aromatic rings. The molecule has 1 amide bonds. The molecule has 0 unspecified atom stereocenters. The predicted molar refractivity (Wildman–Crippen MR) is 92.9 cm³/mol. The minimum absolute atomic E-state index is 0.152. The van der Waals surface area contributed by atoms with E-state index >= 15 is 0 Å². The number of carbonyl (C=O) groups is 1. The van der Waals surface area contributed by atoms with Gasteiger partial charge < -0.3 is 14.6 Å². The fourth-order valence-electron chi connectivity index (χ4n) is 3.30. The van der Waals surface area contributed by atoms with E-state index in [0.717, 1.165) is 45.3 Å². The lowest BCUT2D eigenvalue weighted by Gasteiger charge is -2.33. The largest absolute Gasteiger partial charge is 0.438 e. The summed E-state index contributed by atoms with van der Waals surface area (Å²) in [5, 5.41) is 3.09. The number of amides is 1. The second kappa shape index (κ2) is 8.11. The van der Waals surface area contributed by atoms with E-state index in [-0.39, 0.29) is 11.9 Å². The second-order valence-electron chi connectivity index (χ2n) is 6.47.